The first kappa shape index (κ1) is 24.5. The summed E-state index contributed by atoms with van der Waals surface area (Å²) in [6.07, 6.45) is 0. The second-order valence-electron chi connectivity index (χ2n) is 7.65. The van der Waals surface area contributed by atoms with Crippen LogP contribution in [0.1, 0.15) is 15.9 Å². The Bertz CT molecular complexity index is 1410. The molecule has 0 bridgehead atoms. The minimum atomic E-state index is -4.02. The zero-order valence-electron chi connectivity index (χ0n) is 18.9. The van der Waals surface area contributed by atoms with Gasteiger partial charge in [-0.05, 0) is 66.2 Å². The minimum absolute atomic E-state index is 0.0534. The molecule has 0 atom stereocenters. The average molecular weight is 551 g/mol. The lowest BCUT2D eigenvalue weighted by molar-refractivity contribution is 0.102. The van der Waals surface area contributed by atoms with E-state index in [0.717, 1.165) is 10.0 Å². The molecule has 1 amide bonds. The Morgan fingerprint density at radius 2 is 1.49 bits per heavy atom. The van der Waals surface area contributed by atoms with Crippen LogP contribution in [0.3, 0.4) is 0 Å². The molecule has 0 aliphatic carbocycles. The first-order valence-electron chi connectivity index (χ1n) is 10.7. The van der Waals surface area contributed by atoms with Crippen molar-refractivity contribution in [3.63, 3.8) is 0 Å². The highest BCUT2D eigenvalue weighted by Crippen LogP contribution is 2.30. The van der Waals surface area contributed by atoms with Crippen molar-refractivity contribution < 1.29 is 17.9 Å². The number of rotatable bonds is 8. The molecule has 4 aromatic carbocycles. The molecule has 4 rings (SSSR count). The van der Waals surface area contributed by atoms with Crippen LogP contribution >= 0.6 is 15.9 Å². The third-order valence-electron chi connectivity index (χ3n) is 5.34. The van der Waals surface area contributed by atoms with Crippen LogP contribution in [0, 0.1) is 0 Å². The summed E-state index contributed by atoms with van der Waals surface area (Å²) in [5.41, 5.74) is 1.90. The second-order valence-corrected chi connectivity index (χ2v) is 10.4. The van der Waals surface area contributed by atoms with Crippen LogP contribution in [0.15, 0.2) is 112 Å². The molecule has 0 radical (unpaired) electrons. The van der Waals surface area contributed by atoms with Gasteiger partial charge in [-0.25, -0.2) is 8.42 Å². The molecule has 178 valence electrons. The van der Waals surface area contributed by atoms with Crippen molar-refractivity contribution in [1.29, 1.82) is 0 Å². The van der Waals surface area contributed by atoms with E-state index in [2.05, 4.69) is 21.2 Å². The van der Waals surface area contributed by atoms with Gasteiger partial charge in [0.05, 0.1) is 29.8 Å². The van der Waals surface area contributed by atoms with Crippen LogP contribution in [0.4, 0.5) is 11.4 Å². The predicted octanol–water partition coefficient (Wildman–Crippen LogP) is 6.11. The minimum Gasteiger partial charge on any atom is -0.497 e. The van der Waals surface area contributed by atoms with Crippen LogP contribution in [0.2, 0.25) is 0 Å². The molecule has 0 saturated carbocycles. The largest absolute Gasteiger partial charge is 0.497 e. The maximum absolute atomic E-state index is 13.9. The van der Waals surface area contributed by atoms with Gasteiger partial charge in [0.1, 0.15) is 5.75 Å². The van der Waals surface area contributed by atoms with E-state index in [1.807, 2.05) is 42.5 Å². The van der Waals surface area contributed by atoms with Crippen LogP contribution < -0.4 is 14.4 Å². The van der Waals surface area contributed by atoms with E-state index in [1.165, 1.54) is 23.5 Å². The van der Waals surface area contributed by atoms with Gasteiger partial charge in [0.2, 0.25) is 0 Å². The van der Waals surface area contributed by atoms with E-state index < -0.39 is 15.9 Å². The number of sulfonamides is 1. The molecule has 0 aliphatic heterocycles. The maximum atomic E-state index is 13.9. The molecule has 6 nitrogen and oxygen atoms in total. The van der Waals surface area contributed by atoms with Crippen molar-refractivity contribution in [3.05, 3.63) is 119 Å². The van der Waals surface area contributed by atoms with Gasteiger partial charge in [-0.3, -0.25) is 9.10 Å². The molecule has 1 N–H and O–H groups in total. The number of halogens is 1. The number of carbonyl (C=O) groups is 1. The maximum Gasteiger partial charge on any atom is 0.264 e. The highest BCUT2D eigenvalue weighted by atomic mass is 79.9. The molecule has 35 heavy (non-hydrogen) atoms. The van der Waals surface area contributed by atoms with E-state index in [-0.39, 0.29) is 22.7 Å². The highest BCUT2D eigenvalue weighted by molar-refractivity contribution is 9.10. The summed E-state index contributed by atoms with van der Waals surface area (Å²) in [6.45, 7) is 0.0534. The SMILES string of the molecule is COc1ccc(S(=O)(=O)N(Cc2ccccc2)c2ccccc2C(=O)Nc2ccc(Br)cc2)cc1. The molecule has 4 aromatic rings. The molecular weight excluding hydrogens is 528 g/mol. The Labute approximate surface area is 213 Å². The molecule has 0 aliphatic rings. The molecule has 8 heteroatoms. The van der Waals surface area contributed by atoms with Gasteiger partial charge in [0.25, 0.3) is 15.9 Å². The lowest BCUT2D eigenvalue weighted by Crippen LogP contribution is -2.32. The smallest absolute Gasteiger partial charge is 0.264 e. The lowest BCUT2D eigenvalue weighted by Gasteiger charge is -2.26. The number of carbonyl (C=O) groups excluding carboxylic acids is 1. The Kier molecular flexibility index (Phi) is 7.53. The van der Waals surface area contributed by atoms with Crippen molar-refractivity contribution in [2.75, 3.05) is 16.7 Å². The molecule has 0 unspecified atom stereocenters. The molecule has 0 aromatic heterocycles. The van der Waals surface area contributed by atoms with Crippen molar-refractivity contribution in [2.45, 2.75) is 11.4 Å². The number of nitrogens with zero attached hydrogens (tertiary/aromatic N) is 1. The molecular formula is C27H23BrN2O4S. The van der Waals surface area contributed by atoms with Gasteiger partial charge in [-0.1, -0.05) is 58.4 Å². The summed E-state index contributed by atoms with van der Waals surface area (Å²) in [7, 11) is -2.50. The first-order chi connectivity index (χ1) is 16.9. The summed E-state index contributed by atoms with van der Waals surface area (Å²) >= 11 is 3.38. The van der Waals surface area contributed by atoms with Gasteiger partial charge in [0, 0.05) is 10.2 Å². The third kappa shape index (κ3) is 5.72. The number of ether oxygens (including phenoxy) is 1. The van der Waals surface area contributed by atoms with Crippen molar-refractivity contribution >= 4 is 43.2 Å². The number of amides is 1. The summed E-state index contributed by atoms with van der Waals surface area (Å²) in [6, 6.07) is 29.3. The Morgan fingerprint density at radius 1 is 0.857 bits per heavy atom. The lowest BCUT2D eigenvalue weighted by atomic mass is 10.1. The van der Waals surface area contributed by atoms with Gasteiger partial charge in [-0.15, -0.1) is 0 Å². The molecule has 0 fully saturated rings. The highest BCUT2D eigenvalue weighted by Gasteiger charge is 2.28. The quantitative estimate of drug-likeness (QED) is 0.287. The predicted molar refractivity (Wildman–Crippen MR) is 141 cm³/mol. The zero-order valence-corrected chi connectivity index (χ0v) is 21.3. The van der Waals surface area contributed by atoms with Crippen LogP contribution in [-0.2, 0) is 16.6 Å². The molecule has 0 heterocycles. The first-order valence-corrected chi connectivity index (χ1v) is 13.0. The standard InChI is InChI=1S/C27H23BrN2O4S/c1-34-23-15-17-24(18-16-23)35(32,33)30(19-20-7-3-2-4-8-20)26-10-6-5-9-25(26)27(31)29-22-13-11-21(28)12-14-22/h2-18H,19H2,1H3,(H,29,31). The number of para-hydroxylation sites is 1. The summed E-state index contributed by atoms with van der Waals surface area (Å²) in [5, 5.41) is 2.85. The van der Waals surface area contributed by atoms with E-state index in [1.54, 1.807) is 48.5 Å². The van der Waals surface area contributed by atoms with Gasteiger partial charge >= 0.3 is 0 Å². The Balaban J connectivity index is 1.77. The van der Waals surface area contributed by atoms with Crippen molar-refractivity contribution in [2.24, 2.45) is 0 Å². The van der Waals surface area contributed by atoms with Crippen LogP contribution in [0.5, 0.6) is 5.75 Å². The third-order valence-corrected chi connectivity index (χ3v) is 7.64. The van der Waals surface area contributed by atoms with Crippen LogP contribution in [0.25, 0.3) is 0 Å². The molecule has 0 spiro atoms. The molecule has 0 saturated heterocycles. The summed E-state index contributed by atoms with van der Waals surface area (Å²) in [4.78, 5) is 13.4. The Morgan fingerprint density at radius 3 is 2.14 bits per heavy atom. The van der Waals surface area contributed by atoms with Gasteiger partial charge < -0.3 is 10.1 Å². The topological polar surface area (TPSA) is 75.7 Å². The van der Waals surface area contributed by atoms with Crippen molar-refractivity contribution in [3.8, 4) is 5.75 Å². The fourth-order valence-corrected chi connectivity index (χ4v) is 5.27. The van der Waals surface area contributed by atoms with E-state index in [0.29, 0.717) is 11.4 Å². The monoisotopic (exact) mass is 550 g/mol. The summed E-state index contributed by atoms with van der Waals surface area (Å²) in [5.74, 6) is 0.138. The fourth-order valence-electron chi connectivity index (χ4n) is 3.54. The number of hydrogen-bond donors (Lipinski definition) is 1. The van der Waals surface area contributed by atoms with Crippen molar-refractivity contribution in [1.82, 2.24) is 0 Å². The number of hydrogen-bond acceptors (Lipinski definition) is 4. The van der Waals surface area contributed by atoms with Crippen LogP contribution in [-0.4, -0.2) is 21.4 Å². The van der Waals surface area contributed by atoms with Gasteiger partial charge in [-0.2, -0.15) is 0 Å². The number of nitrogens with one attached hydrogen (secondary N) is 1. The number of anilines is 2. The van der Waals surface area contributed by atoms with E-state index in [9.17, 15) is 13.2 Å². The second kappa shape index (κ2) is 10.8. The Hall–Kier alpha value is -3.62. The van der Waals surface area contributed by atoms with E-state index in [4.69, 9.17) is 4.74 Å². The number of benzene rings is 4. The normalized spacial score (nSPS) is 11.0. The fraction of sp³-hybridized carbons (Fsp3) is 0.0741. The summed E-state index contributed by atoms with van der Waals surface area (Å²) < 4.78 is 35.0. The van der Waals surface area contributed by atoms with E-state index >= 15 is 0 Å². The number of methoxy groups -OCH3 is 1. The zero-order chi connectivity index (χ0) is 24.8. The van der Waals surface area contributed by atoms with Gasteiger partial charge in [0.15, 0.2) is 0 Å². The average Bonchev–Trinajstić information content (AvgIpc) is 2.89.